The van der Waals surface area contributed by atoms with Crippen LogP contribution in [0.3, 0.4) is 0 Å². The Morgan fingerprint density at radius 2 is 2.22 bits per heavy atom. The minimum Gasteiger partial charge on any atom is -0.419 e. The third kappa shape index (κ3) is 3.09. The Morgan fingerprint density at radius 1 is 1.39 bits per heavy atom. The summed E-state index contributed by atoms with van der Waals surface area (Å²) in [5, 5.41) is 12.1. The van der Waals surface area contributed by atoms with E-state index < -0.39 is 0 Å². The fraction of sp³-hybridized carbons (Fsp3) is 0.385. The van der Waals surface area contributed by atoms with Gasteiger partial charge in [0.1, 0.15) is 0 Å². The second-order valence-corrected chi connectivity index (χ2v) is 4.57. The lowest BCUT2D eigenvalue weighted by molar-refractivity contribution is 0.423. The molecule has 0 saturated heterocycles. The zero-order valence-electron chi connectivity index (χ0n) is 10.5. The molecule has 0 saturated carbocycles. The molecule has 0 fully saturated rings. The number of nitrogens with one attached hydrogen (secondary N) is 1. The summed E-state index contributed by atoms with van der Waals surface area (Å²) in [6.07, 6.45) is 1.07. The van der Waals surface area contributed by atoms with Crippen molar-refractivity contribution in [3.8, 4) is 11.5 Å². The Labute approximate surface area is 111 Å². The van der Waals surface area contributed by atoms with Crippen molar-refractivity contribution in [2.24, 2.45) is 0 Å². The molecule has 1 atom stereocenters. The number of nitrogens with zero attached hydrogens (tertiary/aromatic N) is 2. The maximum absolute atomic E-state index is 5.93. The molecule has 2 rings (SSSR count). The average Bonchev–Trinajstić information content (AvgIpc) is 2.85. The molecule has 0 bridgehead atoms. The van der Waals surface area contributed by atoms with Crippen molar-refractivity contribution >= 4 is 11.6 Å². The largest absolute Gasteiger partial charge is 0.419 e. The van der Waals surface area contributed by atoms with Crippen LogP contribution in [0.25, 0.3) is 11.5 Å². The fourth-order valence-electron chi connectivity index (χ4n) is 1.60. The fourth-order valence-corrected chi connectivity index (χ4v) is 1.79. The summed E-state index contributed by atoms with van der Waals surface area (Å²) in [7, 11) is 0. The summed E-state index contributed by atoms with van der Waals surface area (Å²) in [4.78, 5) is 0. The smallest absolute Gasteiger partial charge is 0.247 e. The summed E-state index contributed by atoms with van der Waals surface area (Å²) < 4.78 is 5.64. The summed E-state index contributed by atoms with van der Waals surface area (Å²) in [6, 6.07) is 7.44. The van der Waals surface area contributed by atoms with E-state index >= 15 is 0 Å². The predicted octanol–water partition coefficient (Wildman–Crippen LogP) is 3.45. The first kappa shape index (κ1) is 13.1. The van der Waals surface area contributed by atoms with E-state index in [0.717, 1.165) is 18.5 Å². The highest BCUT2D eigenvalue weighted by Gasteiger charge is 2.14. The first-order valence-corrected chi connectivity index (χ1v) is 6.41. The molecule has 1 aromatic carbocycles. The molecule has 2 aromatic rings. The molecule has 1 N–H and O–H groups in total. The van der Waals surface area contributed by atoms with Gasteiger partial charge in [-0.05, 0) is 38.1 Å². The van der Waals surface area contributed by atoms with Crippen LogP contribution in [0.5, 0.6) is 0 Å². The second-order valence-electron chi connectivity index (χ2n) is 4.13. The minimum absolute atomic E-state index is 0.0605. The van der Waals surface area contributed by atoms with E-state index in [1.807, 2.05) is 31.2 Å². The summed E-state index contributed by atoms with van der Waals surface area (Å²) in [6.45, 7) is 5.05. The van der Waals surface area contributed by atoms with E-state index in [9.17, 15) is 0 Å². The normalized spacial score (nSPS) is 12.6. The molecule has 0 aliphatic carbocycles. The molecule has 0 amide bonds. The van der Waals surface area contributed by atoms with Gasteiger partial charge in [0.05, 0.1) is 6.04 Å². The second kappa shape index (κ2) is 5.98. The van der Waals surface area contributed by atoms with Crippen LogP contribution in [-0.2, 0) is 0 Å². The standard InChI is InChI=1S/C13H16ClN3O/c1-3-7-15-9(2)12-16-17-13(18-12)10-5-4-6-11(14)8-10/h4-6,8-9,15H,3,7H2,1-2H3. The lowest BCUT2D eigenvalue weighted by Gasteiger charge is -2.07. The van der Waals surface area contributed by atoms with Gasteiger partial charge in [-0.3, -0.25) is 0 Å². The van der Waals surface area contributed by atoms with E-state index in [4.69, 9.17) is 16.0 Å². The van der Waals surface area contributed by atoms with Crippen molar-refractivity contribution in [3.05, 3.63) is 35.2 Å². The van der Waals surface area contributed by atoms with Gasteiger partial charge in [0.15, 0.2) is 0 Å². The summed E-state index contributed by atoms with van der Waals surface area (Å²) in [5.74, 6) is 1.09. The molecule has 0 spiro atoms. The molecule has 4 nitrogen and oxygen atoms in total. The van der Waals surface area contributed by atoms with Crippen molar-refractivity contribution in [3.63, 3.8) is 0 Å². The number of rotatable bonds is 5. The topological polar surface area (TPSA) is 51.0 Å². The van der Waals surface area contributed by atoms with Crippen molar-refractivity contribution in [2.75, 3.05) is 6.54 Å². The average molecular weight is 266 g/mol. The van der Waals surface area contributed by atoms with Crippen molar-refractivity contribution in [2.45, 2.75) is 26.3 Å². The Bertz CT molecular complexity index is 512. The van der Waals surface area contributed by atoms with Gasteiger partial charge in [-0.2, -0.15) is 0 Å². The molecule has 0 radical (unpaired) electrons. The SMILES string of the molecule is CCCNC(C)c1nnc(-c2cccc(Cl)c2)o1. The molecule has 0 aliphatic heterocycles. The molecular weight excluding hydrogens is 250 g/mol. The van der Waals surface area contributed by atoms with Crippen LogP contribution >= 0.6 is 11.6 Å². The number of hydrogen-bond donors (Lipinski definition) is 1. The minimum atomic E-state index is 0.0605. The number of halogens is 1. The van der Waals surface area contributed by atoms with Crippen molar-refractivity contribution in [1.29, 1.82) is 0 Å². The molecule has 1 aromatic heterocycles. The Hall–Kier alpha value is -1.39. The molecule has 1 unspecified atom stereocenters. The molecule has 5 heteroatoms. The van der Waals surface area contributed by atoms with Gasteiger partial charge in [0.25, 0.3) is 0 Å². The lowest BCUT2D eigenvalue weighted by Crippen LogP contribution is -2.19. The van der Waals surface area contributed by atoms with Crippen molar-refractivity contribution < 1.29 is 4.42 Å². The highest BCUT2D eigenvalue weighted by molar-refractivity contribution is 6.30. The van der Waals surface area contributed by atoms with Crippen molar-refractivity contribution in [1.82, 2.24) is 15.5 Å². The zero-order valence-corrected chi connectivity index (χ0v) is 11.2. The molecular formula is C13H16ClN3O. The quantitative estimate of drug-likeness (QED) is 0.900. The van der Waals surface area contributed by atoms with Crippen LogP contribution in [0.2, 0.25) is 5.02 Å². The van der Waals surface area contributed by atoms with E-state index in [1.54, 1.807) is 0 Å². The van der Waals surface area contributed by atoms with Gasteiger partial charge in [-0.15, -0.1) is 10.2 Å². The Balaban J connectivity index is 2.15. The maximum Gasteiger partial charge on any atom is 0.247 e. The van der Waals surface area contributed by atoms with Gasteiger partial charge in [-0.25, -0.2) is 0 Å². The van der Waals surface area contributed by atoms with Crippen LogP contribution in [-0.4, -0.2) is 16.7 Å². The highest BCUT2D eigenvalue weighted by atomic mass is 35.5. The first-order valence-electron chi connectivity index (χ1n) is 6.03. The third-order valence-corrected chi connectivity index (χ3v) is 2.82. The van der Waals surface area contributed by atoms with Crippen LogP contribution in [0.15, 0.2) is 28.7 Å². The summed E-state index contributed by atoms with van der Waals surface area (Å²) in [5.41, 5.74) is 0.837. The number of benzene rings is 1. The monoisotopic (exact) mass is 265 g/mol. The third-order valence-electron chi connectivity index (χ3n) is 2.58. The van der Waals surface area contributed by atoms with Crippen LogP contribution in [0.1, 0.15) is 32.2 Å². The van der Waals surface area contributed by atoms with Gasteiger partial charge >= 0.3 is 0 Å². The summed E-state index contributed by atoms with van der Waals surface area (Å²) >= 11 is 5.93. The highest BCUT2D eigenvalue weighted by Crippen LogP contribution is 2.23. The van der Waals surface area contributed by atoms with Gasteiger partial charge in [-0.1, -0.05) is 24.6 Å². The molecule has 0 aliphatic rings. The van der Waals surface area contributed by atoms with Crippen LogP contribution < -0.4 is 5.32 Å². The molecule has 1 heterocycles. The van der Waals surface area contributed by atoms with Crippen LogP contribution in [0, 0.1) is 0 Å². The Morgan fingerprint density at radius 3 is 2.94 bits per heavy atom. The number of aromatic nitrogens is 2. The van der Waals surface area contributed by atoms with Gasteiger partial charge in [0, 0.05) is 10.6 Å². The first-order chi connectivity index (χ1) is 8.70. The van der Waals surface area contributed by atoms with Gasteiger partial charge in [0.2, 0.25) is 11.8 Å². The zero-order chi connectivity index (χ0) is 13.0. The molecule has 18 heavy (non-hydrogen) atoms. The maximum atomic E-state index is 5.93. The number of hydrogen-bond acceptors (Lipinski definition) is 4. The molecule has 96 valence electrons. The van der Waals surface area contributed by atoms with Gasteiger partial charge < -0.3 is 9.73 Å². The van der Waals surface area contributed by atoms with E-state index in [-0.39, 0.29) is 6.04 Å². The van der Waals surface area contributed by atoms with E-state index in [1.165, 1.54) is 0 Å². The van der Waals surface area contributed by atoms with E-state index in [0.29, 0.717) is 16.8 Å². The van der Waals surface area contributed by atoms with Crippen LogP contribution in [0.4, 0.5) is 0 Å². The predicted molar refractivity (Wildman–Crippen MR) is 71.5 cm³/mol. The van der Waals surface area contributed by atoms with E-state index in [2.05, 4.69) is 22.4 Å². The Kier molecular flexibility index (Phi) is 4.33. The lowest BCUT2D eigenvalue weighted by atomic mass is 10.2.